The van der Waals surface area contributed by atoms with Crippen LogP contribution in [0.1, 0.15) is 11.1 Å². The van der Waals surface area contributed by atoms with Crippen LogP contribution in [0, 0.1) is 0 Å². The zero-order valence-corrected chi connectivity index (χ0v) is 30.0. The lowest BCUT2D eigenvalue weighted by molar-refractivity contribution is 0.395. The number of ether oxygens (including phenoxy) is 4. The Bertz CT molecular complexity index is 1540. The summed E-state index contributed by atoms with van der Waals surface area (Å²) < 4.78 is 26.7. The van der Waals surface area contributed by atoms with Gasteiger partial charge >= 0.3 is 0 Å². The standard InChI is InChI=1S/C30H25Br4N3O4S/c1-38-21-11-23(27(25(13-21)40-3)15-5-17(31)9-18(32)6-15)29(36-37-30(35)42)24-12-22(39-2)14-26(41-4)28(24)16-7-19(33)10-20(34)8-16/h5-14H,1-4H3,(H3,35,37,42). The predicted octanol–water partition coefficient (Wildman–Crippen LogP) is 8.69. The lowest BCUT2D eigenvalue weighted by Gasteiger charge is -2.22. The molecule has 0 amide bonds. The third kappa shape index (κ3) is 7.28. The number of halogens is 4. The molecule has 4 rings (SSSR count). The summed E-state index contributed by atoms with van der Waals surface area (Å²) in [5.41, 5.74) is 13.7. The van der Waals surface area contributed by atoms with Crippen molar-refractivity contribution in [3.63, 3.8) is 0 Å². The van der Waals surface area contributed by atoms with Gasteiger partial charge in [-0.05, 0) is 71.9 Å². The zero-order chi connectivity index (χ0) is 30.6. The Hall–Kier alpha value is -2.64. The number of nitrogens with zero attached hydrogens (tertiary/aromatic N) is 1. The third-order valence-corrected chi connectivity index (χ3v) is 8.08. The number of hydrogen-bond acceptors (Lipinski definition) is 6. The topological polar surface area (TPSA) is 87.3 Å². The van der Waals surface area contributed by atoms with Crippen LogP contribution in [0.15, 0.2) is 83.7 Å². The number of thiocarbonyl (C=S) groups is 1. The molecule has 0 saturated carbocycles. The molecule has 218 valence electrons. The van der Waals surface area contributed by atoms with E-state index < -0.39 is 0 Å². The van der Waals surface area contributed by atoms with Gasteiger partial charge in [-0.2, -0.15) is 5.10 Å². The molecule has 0 unspecified atom stereocenters. The molecule has 0 bridgehead atoms. The summed E-state index contributed by atoms with van der Waals surface area (Å²) >= 11 is 19.6. The largest absolute Gasteiger partial charge is 0.497 e. The van der Waals surface area contributed by atoms with Gasteiger partial charge in [0.15, 0.2) is 5.11 Å². The number of methoxy groups -OCH3 is 4. The summed E-state index contributed by atoms with van der Waals surface area (Å²) in [7, 11) is 6.41. The smallest absolute Gasteiger partial charge is 0.184 e. The van der Waals surface area contributed by atoms with Crippen molar-refractivity contribution in [1.29, 1.82) is 0 Å². The van der Waals surface area contributed by atoms with E-state index in [9.17, 15) is 0 Å². The maximum atomic E-state index is 5.91. The average molecular weight is 843 g/mol. The molecule has 12 heteroatoms. The second-order valence-corrected chi connectivity index (χ2v) is 12.9. The third-order valence-electron chi connectivity index (χ3n) is 6.15. The van der Waals surface area contributed by atoms with Gasteiger partial charge in [0.25, 0.3) is 0 Å². The number of hydrazone groups is 1. The first kappa shape index (κ1) is 32.3. The number of benzene rings is 4. The Morgan fingerprint density at radius 3 is 1.31 bits per heavy atom. The van der Waals surface area contributed by atoms with Gasteiger partial charge in [0, 0.05) is 52.3 Å². The summed E-state index contributed by atoms with van der Waals surface area (Å²) in [6.45, 7) is 0. The maximum Gasteiger partial charge on any atom is 0.184 e. The first-order valence-corrected chi connectivity index (χ1v) is 15.7. The van der Waals surface area contributed by atoms with Gasteiger partial charge in [-0.25, -0.2) is 0 Å². The molecular weight excluding hydrogens is 818 g/mol. The lowest BCUT2D eigenvalue weighted by atomic mass is 9.88. The van der Waals surface area contributed by atoms with Gasteiger partial charge in [-0.1, -0.05) is 63.7 Å². The van der Waals surface area contributed by atoms with Crippen molar-refractivity contribution in [2.45, 2.75) is 0 Å². The van der Waals surface area contributed by atoms with E-state index in [-0.39, 0.29) is 5.11 Å². The maximum absolute atomic E-state index is 5.91. The molecule has 0 spiro atoms. The van der Waals surface area contributed by atoms with E-state index in [1.54, 1.807) is 28.4 Å². The summed E-state index contributed by atoms with van der Waals surface area (Å²) in [5, 5.41) is 4.75. The molecule has 0 aliphatic rings. The number of rotatable bonds is 9. The van der Waals surface area contributed by atoms with Crippen LogP contribution in [0.3, 0.4) is 0 Å². The van der Waals surface area contributed by atoms with E-state index >= 15 is 0 Å². The van der Waals surface area contributed by atoms with Gasteiger partial charge < -0.3 is 24.7 Å². The van der Waals surface area contributed by atoms with E-state index in [0.29, 0.717) is 39.8 Å². The summed E-state index contributed by atoms with van der Waals surface area (Å²) in [6, 6.07) is 19.3. The SMILES string of the molecule is COc1cc(OC)c(-c2cc(Br)cc(Br)c2)c(C(=NNC(N)=S)c2cc(OC)cc(OC)c2-c2cc(Br)cc(Br)c2)c1. The Morgan fingerprint density at radius 2 is 1.00 bits per heavy atom. The van der Waals surface area contributed by atoms with Crippen LogP contribution < -0.4 is 30.1 Å². The van der Waals surface area contributed by atoms with Crippen molar-refractivity contribution in [3.05, 3.63) is 89.7 Å². The van der Waals surface area contributed by atoms with E-state index in [4.69, 9.17) is 42.0 Å². The van der Waals surface area contributed by atoms with Gasteiger partial charge in [-0.15, -0.1) is 0 Å². The summed E-state index contributed by atoms with van der Waals surface area (Å²) in [5.74, 6) is 2.26. The van der Waals surface area contributed by atoms with Gasteiger partial charge in [-0.3, -0.25) is 5.43 Å². The van der Waals surface area contributed by atoms with Crippen molar-refractivity contribution in [3.8, 4) is 45.3 Å². The molecule has 0 radical (unpaired) electrons. The first-order valence-electron chi connectivity index (χ1n) is 12.2. The molecule has 3 N–H and O–H groups in total. The minimum absolute atomic E-state index is 0.00396. The normalized spacial score (nSPS) is 10.6. The van der Waals surface area contributed by atoms with Crippen LogP contribution in [-0.2, 0) is 0 Å². The van der Waals surface area contributed by atoms with Crippen molar-refractivity contribution in [1.82, 2.24) is 5.43 Å². The fourth-order valence-corrected chi connectivity index (χ4v) is 7.11. The molecule has 0 aromatic heterocycles. The lowest BCUT2D eigenvalue weighted by Crippen LogP contribution is -2.26. The molecule has 42 heavy (non-hydrogen) atoms. The Labute approximate surface area is 283 Å². The van der Waals surface area contributed by atoms with Crippen molar-refractivity contribution < 1.29 is 18.9 Å². The Morgan fingerprint density at radius 1 is 0.619 bits per heavy atom. The number of nitrogens with one attached hydrogen (secondary N) is 1. The highest BCUT2D eigenvalue weighted by molar-refractivity contribution is 9.11. The summed E-state index contributed by atoms with van der Waals surface area (Å²) in [6.07, 6.45) is 0. The minimum Gasteiger partial charge on any atom is -0.497 e. The molecule has 0 saturated heterocycles. The van der Waals surface area contributed by atoms with E-state index in [1.165, 1.54) is 0 Å². The number of nitrogens with two attached hydrogens (primary N) is 1. The van der Waals surface area contributed by atoms with Gasteiger partial charge in [0.2, 0.25) is 0 Å². The Balaban J connectivity index is 2.20. The average Bonchev–Trinajstić information content (AvgIpc) is 2.94. The molecule has 0 heterocycles. The van der Waals surface area contributed by atoms with E-state index in [0.717, 1.165) is 40.1 Å². The van der Waals surface area contributed by atoms with Crippen LogP contribution in [-0.4, -0.2) is 39.3 Å². The monoisotopic (exact) mass is 839 g/mol. The van der Waals surface area contributed by atoms with E-state index in [2.05, 4.69) is 69.1 Å². The molecule has 0 fully saturated rings. The van der Waals surface area contributed by atoms with Crippen LogP contribution in [0.25, 0.3) is 22.3 Å². The molecule has 0 atom stereocenters. The number of hydrogen-bond donors (Lipinski definition) is 2. The van der Waals surface area contributed by atoms with E-state index in [1.807, 2.05) is 60.7 Å². The highest BCUT2D eigenvalue weighted by atomic mass is 79.9. The molecular formula is C30H25Br4N3O4S. The summed E-state index contributed by atoms with van der Waals surface area (Å²) in [4.78, 5) is 0. The quantitative estimate of drug-likeness (QED) is 0.0992. The molecule has 7 nitrogen and oxygen atoms in total. The first-order chi connectivity index (χ1) is 20.1. The molecule has 0 aliphatic heterocycles. The highest BCUT2D eigenvalue weighted by Crippen LogP contribution is 2.44. The van der Waals surface area contributed by atoms with Crippen LogP contribution in [0.2, 0.25) is 0 Å². The van der Waals surface area contributed by atoms with Crippen LogP contribution in [0.4, 0.5) is 0 Å². The fourth-order valence-electron chi connectivity index (χ4n) is 4.48. The van der Waals surface area contributed by atoms with Crippen LogP contribution in [0.5, 0.6) is 23.0 Å². The van der Waals surface area contributed by atoms with Crippen molar-refractivity contribution in [2.24, 2.45) is 10.8 Å². The highest BCUT2D eigenvalue weighted by Gasteiger charge is 2.26. The molecule has 4 aromatic carbocycles. The molecule has 4 aromatic rings. The second kappa shape index (κ2) is 14.2. The van der Waals surface area contributed by atoms with Gasteiger partial charge in [0.05, 0.1) is 34.2 Å². The Kier molecular flexibility index (Phi) is 10.9. The van der Waals surface area contributed by atoms with Crippen molar-refractivity contribution in [2.75, 3.05) is 28.4 Å². The van der Waals surface area contributed by atoms with Crippen molar-refractivity contribution >= 4 is 86.8 Å². The zero-order valence-electron chi connectivity index (χ0n) is 22.9. The predicted molar refractivity (Wildman–Crippen MR) is 186 cm³/mol. The van der Waals surface area contributed by atoms with Gasteiger partial charge in [0.1, 0.15) is 23.0 Å². The van der Waals surface area contributed by atoms with Crippen LogP contribution >= 0.6 is 75.9 Å². The minimum atomic E-state index is -0.00396. The fraction of sp³-hybridized carbons (Fsp3) is 0.133. The molecule has 0 aliphatic carbocycles. The second-order valence-electron chi connectivity index (χ2n) is 8.76.